The summed E-state index contributed by atoms with van der Waals surface area (Å²) >= 11 is 0. The van der Waals surface area contributed by atoms with Gasteiger partial charge in [0.2, 0.25) is 5.95 Å². The van der Waals surface area contributed by atoms with E-state index < -0.39 is 0 Å². The van der Waals surface area contributed by atoms with Crippen molar-refractivity contribution < 1.29 is 4.42 Å². The maximum atomic E-state index is 6.19. The van der Waals surface area contributed by atoms with E-state index in [1.165, 1.54) is 0 Å². The number of furan rings is 1. The molecule has 0 aliphatic heterocycles. The van der Waals surface area contributed by atoms with Crippen molar-refractivity contribution in [1.29, 1.82) is 0 Å². The first-order chi connectivity index (χ1) is 27.7. The minimum absolute atomic E-state index is 0.557. The van der Waals surface area contributed by atoms with Crippen LogP contribution in [-0.4, -0.2) is 19.5 Å². The molecule has 0 fully saturated rings. The molecule has 0 aliphatic rings. The fraction of sp³-hybridized carbons (Fsp3) is 0. The lowest BCUT2D eigenvalue weighted by atomic mass is 9.95. The van der Waals surface area contributed by atoms with Gasteiger partial charge >= 0.3 is 0 Å². The van der Waals surface area contributed by atoms with Crippen molar-refractivity contribution >= 4 is 43.7 Å². The Morgan fingerprint density at radius 2 is 0.857 bits per heavy atom. The topological polar surface area (TPSA) is 56.7 Å². The van der Waals surface area contributed by atoms with Crippen molar-refractivity contribution in [3.63, 3.8) is 0 Å². The van der Waals surface area contributed by atoms with Crippen molar-refractivity contribution in [3.8, 4) is 62.1 Å². The third-order valence-electron chi connectivity index (χ3n) is 10.7. The van der Waals surface area contributed by atoms with Crippen molar-refractivity contribution in [1.82, 2.24) is 19.5 Å². The minimum atomic E-state index is 0.557. The fourth-order valence-electron chi connectivity index (χ4n) is 7.97. The highest BCUT2D eigenvalue weighted by Gasteiger charge is 2.22. The molecule has 11 aromatic rings. The van der Waals surface area contributed by atoms with Gasteiger partial charge in [-0.15, -0.1) is 0 Å². The number of para-hydroxylation sites is 1. The van der Waals surface area contributed by atoms with E-state index in [2.05, 4.69) is 126 Å². The van der Waals surface area contributed by atoms with Crippen LogP contribution in [0.3, 0.4) is 0 Å². The fourth-order valence-corrected chi connectivity index (χ4v) is 7.97. The highest BCUT2D eigenvalue weighted by atomic mass is 16.3. The van der Waals surface area contributed by atoms with Gasteiger partial charge in [-0.25, -0.2) is 4.98 Å². The Morgan fingerprint density at radius 3 is 1.52 bits per heavy atom. The van der Waals surface area contributed by atoms with Gasteiger partial charge in [0.15, 0.2) is 11.6 Å². The summed E-state index contributed by atoms with van der Waals surface area (Å²) in [7, 11) is 0. The molecule has 0 aliphatic carbocycles. The predicted octanol–water partition coefficient (Wildman–Crippen LogP) is 13.2. The van der Waals surface area contributed by atoms with Gasteiger partial charge in [-0.2, -0.15) is 9.97 Å². The van der Waals surface area contributed by atoms with E-state index in [0.717, 1.165) is 88.3 Å². The zero-order valence-electron chi connectivity index (χ0n) is 30.2. The SMILES string of the molecule is c1ccc(-c2cc(-c3ccccc3)c3c(c2)c2cc(-c4ccc5oc6ccccc6c5c4)ccc2n3-c2nc(-c3ccccc3)nc(-c3ccccc3)n2)cc1. The van der Waals surface area contributed by atoms with E-state index in [1.54, 1.807) is 0 Å². The van der Waals surface area contributed by atoms with E-state index in [4.69, 9.17) is 19.4 Å². The predicted molar refractivity (Wildman–Crippen MR) is 229 cm³/mol. The lowest BCUT2D eigenvalue weighted by Gasteiger charge is -2.14. The number of nitrogens with zero attached hydrogens (tertiary/aromatic N) is 4. The van der Waals surface area contributed by atoms with Gasteiger partial charge in [0, 0.05) is 38.2 Å². The van der Waals surface area contributed by atoms with Crippen LogP contribution in [0.1, 0.15) is 0 Å². The average Bonchev–Trinajstić information content (AvgIpc) is 3.82. The van der Waals surface area contributed by atoms with Crippen LogP contribution in [0.25, 0.3) is 106 Å². The summed E-state index contributed by atoms with van der Waals surface area (Å²) in [5.41, 5.74) is 12.4. The van der Waals surface area contributed by atoms with Crippen molar-refractivity contribution in [3.05, 3.63) is 194 Å². The molecule has 0 bridgehead atoms. The Hall–Kier alpha value is -7.63. The summed E-state index contributed by atoms with van der Waals surface area (Å²) in [5, 5.41) is 4.43. The number of aromatic nitrogens is 4. The second-order valence-corrected chi connectivity index (χ2v) is 14.0. The summed E-state index contributed by atoms with van der Waals surface area (Å²) in [6, 6.07) is 67.6. The molecule has 0 atom stereocenters. The molecule has 11 rings (SSSR count). The van der Waals surface area contributed by atoms with Crippen molar-refractivity contribution in [2.24, 2.45) is 0 Å². The second kappa shape index (κ2) is 13.0. The quantitative estimate of drug-likeness (QED) is 0.172. The van der Waals surface area contributed by atoms with Crippen LogP contribution in [0, 0.1) is 0 Å². The van der Waals surface area contributed by atoms with Crippen LogP contribution in [0.5, 0.6) is 0 Å². The van der Waals surface area contributed by atoms with Crippen LogP contribution in [0.2, 0.25) is 0 Å². The molecule has 56 heavy (non-hydrogen) atoms. The molecule has 0 radical (unpaired) electrons. The molecular formula is C51H32N4O. The van der Waals surface area contributed by atoms with Gasteiger partial charge in [-0.1, -0.05) is 152 Å². The smallest absolute Gasteiger partial charge is 0.238 e. The molecular weight excluding hydrogens is 685 g/mol. The van der Waals surface area contributed by atoms with Gasteiger partial charge < -0.3 is 4.42 Å². The van der Waals surface area contributed by atoms with E-state index in [0.29, 0.717) is 17.6 Å². The molecule has 8 aromatic carbocycles. The van der Waals surface area contributed by atoms with Gasteiger partial charge in [0.1, 0.15) is 11.2 Å². The number of fused-ring (bicyclic) bond motifs is 6. The Kier molecular flexibility index (Phi) is 7.42. The Bertz CT molecular complexity index is 3170. The first-order valence-electron chi connectivity index (χ1n) is 18.8. The molecule has 0 amide bonds. The molecule has 3 aromatic heterocycles. The normalized spacial score (nSPS) is 11.6. The van der Waals surface area contributed by atoms with Gasteiger partial charge in [-0.05, 0) is 70.3 Å². The van der Waals surface area contributed by atoms with Gasteiger partial charge in [0.25, 0.3) is 0 Å². The lowest BCUT2D eigenvalue weighted by molar-refractivity contribution is 0.669. The van der Waals surface area contributed by atoms with Gasteiger partial charge in [0.05, 0.1) is 11.0 Å². The lowest BCUT2D eigenvalue weighted by Crippen LogP contribution is -2.07. The minimum Gasteiger partial charge on any atom is -0.456 e. The molecule has 0 unspecified atom stereocenters. The van der Waals surface area contributed by atoms with Crippen molar-refractivity contribution in [2.45, 2.75) is 0 Å². The molecule has 262 valence electrons. The van der Waals surface area contributed by atoms with E-state index in [9.17, 15) is 0 Å². The van der Waals surface area contributed by atoms with E-state index in [1.807, 2.05) is 72.8 Å². The standard InChI is InChI=1S/C51H32N4O/c1-5-15-33(16-6-1)39-31-41(34-17-7-2-8-18-34)48-44(32-39)42-29-37(38-26-28-47-43(30-38)40-23-13-14-24-46(40)56-47)25-27-45(42)55(48)51-53-49(35-19-9-3-10-20-35)52-50(54-51)36-21-11-4-12-22-36/h1-32H. The molecule has 5 nitrogen and oxygen atoms in total. The molecule has 3 heterocycles. The summed E-state index contributed by atoms with van der Waals surface area (Å²) in [4.78, 5) is 15.5. The molecule has 5 heteroatoms. The summed E-state index contributed by atoms with van der Waals surface area (Å²) in [5.74, 6) is 1.79. The largest absolute Gasteiger partial charge is 0.456 e. The number of hydrogen-bond acceptors (Lipinski definition) is 4. The highest BCUT2D eigenvalue weighted by Crippen LogP contribution is 2.43. The van der Waals surface area contributed by atoms with Crippen molar-refractivity contribution in [2.75, 3.05) is 0 Å². The molecule has 0 N–H and O–H groups in total. The first-order valence-corrected chi connectivity index (χ1v) is 18.8. The monoisotopic (exact) mass is 716 g/mol. The highest BCUT2D eigenvalue weighted by molar-refractivity contribution is 6.16. The molecule has 0 spiro atoms. The molecule has 0 saturated carbocycles. The van der Waals surface area contributed by atoms with Crippen LogP contribution < -0.4 is 0 Å². The van der Waals surface area contributed by atoms with Crippen LogP contribution >= 0.6 is 0 Å². The van der Waals surface area contributed by atoms with Crippen LogP contribution in [0.4, 0.5) is 0 Å². The zero-order valence-corrected chi connectivity index (χ0v) is 30.2. The van der Waals surface area contributed by atoms with E-state index in [-0.39, 0.29) is 0 Å². The third kappa shape index (κ3) is 5.37. The van der Waals surface area contributed by atoms with E-state index >= 15 is 0 Å². The maximum Gasteiger partial charge on any atom is 0.238 e. The van der Waals surface area contributed by atoms with Gasteiger partial charge in [-0.3, -0.25) is 4.57 Å². The summed E-state index contributed by atoms with van der Waals surface area (Å²) in [6.07, 6.45) is 0. The Balaban J connectivity index is 1.24. The van der Waals surface area contributed by atoms with Crippen LogP contribution in [0.15, 0.2) is 199 Å². The zero-order chi connectivity index (χ0) is 37.0. The third-order valence-corrected chi connectivity index (χ3v) is 10.7. The number of benzene rings is 8. The van der Waals surface area contributed by atoms with Crippen LogP contribution in [-0.2, 0) is 0 Å². The number of rotatable bonds is 6. The Labute approximate surface area is 322 Å². The summed E-state index contributed by atoms with van der Waals surface area (Å²) in [6.45, 7) is 0. The Morgan fingerprint density at radius 1 is 0.339 bits per heavy atom. The summed E-state index contributed by atoms with van der Waals surface area (Å²) < 4.78 is 8.43. The molecule has 0 saturated heterocycles. The number of hydrogen-bond donors (Lipinski definition) is 0. The first kappa shape index (κ1) is 31.9. The maximum absolute atomic E-state index is 6.19. The second-order valence-electron chi connectivity index (χ2n) is 14.0. The average molecular weight is 717 g/mol.